The van der Waals surface area contributed by atoms with E-state index in [-0.39, 0.29) is 24.7 Å². The van der Waals surface area contributed by atoms with Crippen LogP contribution < -0.4 is 4.90 Å². The zero-order chi connectivity index (χ0) is 17.1. The predicted molar refractivity (Wildman–Crippen MR) is 88.3 cm³/mol. The molecule has 1 amide bonds. The highest BCUT2D eigenvalue weighted by Crippen LogP contribution is 2.25. The Labute approximate surface area is 139 Å². The SMILES string of the molecule is O=C(O)[C@H]1CC(=O)N(c2ccc(CCc3cccc(F)c3)cc2)C1. The Hall–Kier alpha value is -2.69. The average Bonchev–Trinajstić information content (AvgIpc) is 2.96. The second kappa shape index (κ2) is 6.83. The molecule has 0 saturated carbocycles. The van der Waals surface area contributed by atoms with Crippen LogP contribution >= 0.6 is 0 Å². The quantitative estimate of drug-likeness (QED) is 0.918. The molecular weight excluding hydrogens is 309 g/mol. The summed E-state index contributed by atoms with van der Waals surface area (Å²) in [5.74, 6) is -1.96. The van der Waals surface area contributed by atoms with Crippen molar-refractivity contribution in [1.29, 1.82) is 0 Å². The van der Waals surface area contributed by atoms with Crippen LogP contribution in [0.15, 0.2) is 48.5 Å². The number of carbonyl (C=O) groups excluding carboxylic acids is 1. The Morgan fingerprint density at radius 2 is 1.83 bits per heavy atom. The highest BCUT2D eigenvalue weighted by molar-refractivity contribution is 5.99. The minimum absolute atomic E-state index is 0.0522. The van der Waals surface area contributed by atoms with E-state index in [1.54, 1.807) is 6.07 Å². The molecule has 0 spiro atoms. The minimum Gasteiger partial charge on any atom is -0.481 e. The third kappa shape index (κ3) is 3.62. The molecule has 4 nitrogen and oxygen atoms in total. The van der Waals surface area contributed by atoms with Crippen LogP contribution in [0.3, 0.4) is 0 Å². The maximum Gasteiger partial charge on any atom is 0.308 e. The van der Waals surface area contributed by atoms with E-state index in [0.717, 1.165) is 29.7 Å². The minimum atomic E-state index is -0.933. The van der Waals surface area contributed by atoms with E-state index in [1.807, 2.05) is 30.3 Å². The number of carbonyl (C=O) groups is 2. The van der Waals surface area contributed by atoms with Gasteiger partial charge >= 0.3 is 5.97 Å². The number of halogens is 1. The maximum absolute atomic E-state index is 13.2. The van der Waals surface area contributed by atoms with Crippen LogP contribution in [0.2, 0.25) is 0 Å². The van der Waals surface area contributed by atoms with Crippen molar-refractivity contribution in [3.63, 3.8) is 0 Å². The van der Waals surface area contributed by atoms with Crippen molar-refractivity contribution in [2.45, 2.75) is 19.3 Å². The molecule has 0 radical (unpaired) electrons. The van der Waals surface area contributed by atoms with Crippen LogP contribution in [0.1, 0.15) is 17.5 Å². The summed E-state index contributed by atoms with van der Waals surface area (Å²) in [6.45, 7) is 0.219. The molecule has 3 rings (SSSR count). The van der Waals surface area contributed by atoms with Crippen LogP contribution in [0, 0.1) is 11.7 Å². The molecule has 1 aliphatic rings. The van der Waals surface area contributed by atoms with Gasteiger partial charge in [-0.2, -0.15) is 0 Å². The number of hydrogen-bond acceptors (Lipinski definition) is 2. The monoisotopic (exact) mass is 327 g/mol. The number of benzene rings is 2. The number of anilines is 1. The molecule has 0 aliphatic carbocycles. The lowest BCUT2D eigenvalue weighted by molar-refractivity contribution is -0.141. The molecule has 1 N–H and O–H groups in total. The van der Waals surface area contributed by atoms with Gasteiger partial charge in [-0.15, -0.1) is 0 Å². The summed E-state index contributed by atoms with van der Waals surface area (Å²) >= 11 is 0. The van der Waals surface area contributed by atoms with Gasteiger partial charge in [-0.3, -0.25) is 9.59 Å². The van der Waals surface area contributed by atoms with E-state index in [2.05, 4.69) is 0 Å². The van der Waals surface area contributed by atoms with Crippen molar-refractivity contribution >= 4 is 17.6 Å². The lowest BCUT2D eigenvalue weighted by atomic mass is 10.0. The average molecular weight is 327 g/mol. The fraction of sp³-hybridized carbons (Fsp3) is 0.263. The molecule has 2 aromatic rings. The van der Waals surface area contributed by atoms with E-state index in [4.69, 9.17) is 5.11 Å². The molecule has 0 unspecified atom stereocenters. The van der Waals surface area contributed by atoms with Gasteiger partial charge in [0.2, 0.25) is 5.91 Å². The highest BCUT2D eigenvalue weighted by Gasteiger charge is 2.34. The molecular formula is C19H18FNO3. The Balaban J connectivity index is 1.63. The van der Waals surface area contributed by atoms with Crippen molar-refractivity contribution in [3.05, 3.63) is 65.5 Å². The number of rotatable bonds is 5. The van der Waals surface area contributed by atoms with Gasteiger partial charge in [-0.05, 0) is 48.2 Å². The van der Waals surface area contributed by atoms with Gasteiger partial charge in [-0.1, -0.05) is 24.3 Å². The van der Waals surface area contributed by atoms with E-state index >= 15 is 0 Å². The van der Waals surface area contributed by atoms with Crippen LogP contribution in [0.25, 0.3) is 0 Å². The van der Waals surface area contributed by atoms with Crippen LogP contribution in [-0.2, 0) is 22.4 Å². The van der Waals surface area contributed by atoms with Crippen LogP contribution in [-0.4, -0.2) is 23.5 Å². The second-order valence-corrected chi connectivity index (χ2v) is 6.04. The van der Waals surface area contributed by atoms with Crippen LogP contribution in [0.4, 0.5) is 10.1 Å². The van der Waals surface area contributed by atoms with Gasteiger partial charge in [0.25, 0.3) is 0 Å². The lowest BCUT2D eigenvalue weighted by Crippen LogP contribution is -2.25. The summed E-state index contributed by atoms with van der Waals surface area (Å²) in [6, 6.07) is 14.1. The van der Waals surface area contributed by atoms with Gasteiger partial charge in [0.05, 0.1) is 5.92 Å². The Bertz CT molecular complexity index is 757. The number of aryl methyl sites for hydroxylation is 2. The first-order valence-corrected chi connectivity index (χ1v) is 7.89. The van der Waals surface area contributed by atoms with Gasteiger partial charge in [0.15, 0.2) is 0 Å². The van der Waals surface area contributed by atoms with Crippen molar-refractivity contribution in [3.8, 4) is 0 Å². The number of amides is 1. The van der Waals surface area contributed by atoms with Crippen molar-refractivity contribution in [1.82, 2.24) is 0 Å². The standard InChI is InChI=1S/C19H18FNO3/c20-16-3-1-2-14(10-16)5-4-13-6-8-17(9-7-13)21-12-15(19(23)24)11-18(21)22/h1-3,6-10,15H,4-5,11-12H2,(H,23,24)/t15-/m0/s1. The number of aliphatic carboxylic acids is 1. The first-order chi connectivity index (χ1) is 11.5. The zero-order valence-corrected chi connectivity index (χ0v) is 13.1. The topological polar surface area (TPSA) is 57.6 Å². The number of carboxylic acid groups (broad SMARTS) is 1. The van der Waals surface area contributed by atoms with Gasteiger partial charge in [-0.25, -0.2) is 4.39 Å². The molecule has 1 aliphatic heterocycles. The molecule has 1 fully saturated rings. The Morgan fingerprint density at radius 3 is 2.46 bits per heavy atom. The summed E-state index contributed by atoms with van der Waals surface area (Å²) < 4.78 is 13.2. The summed E-state index contributed by atoms with van der Waals surface area (Å²) in [5.41, 5.74) is 2.75. The van der Waals surface area contributed by atoms with E-state index in [0.29, 0.717) is 0 Å². The smallest absolute Gasteiger partial charge is 0.308 e. The second-order valence-electron chi connectivity index (χ2n) is 6.04. The largest absolute Gasteiger partial charge is 0.481 e. The lowest BCUT2D eigenvalue weighted by Gasteiger charge is -2.16. The normalized spacial score (nSPS) is 17.3. The highest BCUT2D eigenvalue weighted by atomic mass is 19.1. The molecule has 1 saturated heterocycles. The molecule has 24 heavy (non-hydrogen) atoms. The predicted octanol–water partition coefficient (Wildman–Crippen LogP) is 3.05. The number of nitrogens with zero attached hydrogens (tertiary/aromatic N) is 1. The van der Waals surface area contributed by atoms with E-state index in [9.17, 15) is 14.0 Å². The first-order valence-electron chi connectivity index (χ1n) is 7.89. The van der Waals surface area contributed by atoms with Gasteiger partial charge in [0.1, 0.15) is 5.82 Å². The molecule has 5 heteroatoms. The third-order valence-corrected chi connectivity index (χ3v) is 4.31. The summed E-state index contributed by atoms with van der Waals surface area (Å²) in [5, 5.41) is 9.03. The molecule has 1 heterocycles. The third-order valence-electron chi connectivity index (χ3n) is 4.31. The summed E-state index contributed by atoms with van der Waals surface area (Å²) in [6.07, 6.45) is 1.56. The van der Waals surface area contributed by atoms with Crippen LogP contribution in [0.5, 0.6) is 0 Å². The summed E-state index contributed by atoms with van der Waals surface area (Å²) in [7, 11) is 0. The maximum atomic E-state index is 13.2. The van der Waals surface area contributed by atoms with Gasteiger partial charge < -0.3 is 10.0 Å². The number of carboxylic acids is 1. The zero-order valence-electron chi connectivity index (χ0n) is 13.1. The molecule has 0 aromatic heterocycles. The van der Waals surface area contributed by atoms with Crippen molar-refractivity contribution in [2.75, 3.05) is 11.4 Å². The Morgan fingerprint density at radius 1 is 1.12 bits per heavy atom. The van der Waals surface area contributed by atoms with E-state index < -0.39 is 11.9 Å². The molecule has 2 aromatic carbocycles. The van der Waals surface area contributed by atoms with E-state index in [1.165, 1.54) is 17.0 Å². The van der Waals surface area contributed by atoms with Crippen molar-refractivity contribution in [2.24, 2.45) is 5.92 Å². The first kappa shape index (κ1) is 16.2. The number of hydrogen-bond donors (Lipinski definition) is 1. The molecule has 0 bridgehead atoms. The fourth-order valence-corrected chi connectivity index (χ4v) is 2.95. The van der Waals surface area contributed by atoms with Crippen molar-refractivity contribution < 1.29 is 19.1 Å². The molecule has 124 valence electrons. The summed E-state index contributed by atoms with van der Waals surface area (Å²) in [4.78, 5) is 24.5. The van der Waals surface area contributed by atoms with Gasteiger partial charge in [0, 0.05) is 18.7 Å². The Kier molecular flexibility index (Phi) is 4.60. The molecule has 1 atom stereocenters. The fourth-order valence-electron chi connectivity index (χ4n) is 2.95.